The average Bonchev–Trinajstić information content (AvgIpc) is 3.02. The van der Waals surface area contributed by atoms with Crippen LogP contribution in [0.15, 0.2) is 14.7 Å². The Labute approximate surface area is 168 Å². The fourth-order valence-corrected chi connectivity index (χ4v) is 4.97. The summed E-state index contributed by atoms with van der Waals surface area (Å²) in [5.74, 6) is 0.372. The van der Waals surface area contributed by atoms with Crippen LogP contribution < -0.4 is 11.2 Å². The second-order valence-electron chi connectivity index (χ2n) is 7.64. The number of hydrogen-bond acceptors (Lipinski definition) is 5. The largest absolute Gasteiger partial charge is 0.337 e. The van der Waals surface area contributed by atoms with E-state index in [1.54, 1.807) is 7.05 Å². The zero-order valence-electron chi connectivity index (χ0n) is 17.3. The predicted octanol–water partition coefficient (Wildman–Crippen LogP) is 1.73. The Bertz CT molecular complexity index is 996. The lowest BCUT2D eigenvalue weighted by Crippen LogP contribution is -2.48. The van der Waals surface area contributed by atoms with Crippen molar-refractivity contribution in [2.75, 3.05) is 5.75 Å². The highest BCUT2D eigenvalue weighted by atomic mass is 32.2. The molecule has 28 heavy (non-hydrogen) atoms. The number of piperidine rings is 1. The molecule has 0 radical (unpaired) electrons. The van der Waals surface area contributed by atoms with Crippen molar-refractivity contribution in [2.24, 2.45) is 14.1 Å². The summed E-state index contributed by atoms with van der Waals surface area (Å²) in [5, 5.41) is 0.612. The molecular formula is C19H29N5O3S. The van der Waals surface area contributed by atoms with Crippen LogP contribution in [0.4, 0.5) is 0 Å². The van der Waals surface area contributed by atoms with E-state index < -0.39 is 5.69 Å². The third-order valence-corrected chi connectivity index (χ3v) is 6.53. The summed E-state index contributed by atoms with van der Waals surface area (Å²) in [7, 11) is 3.09. The molecule has 1 fully saturated rings. The Morgan fingerprint density at radius 1 is 1.14 bits per heavy atom. The molecule has 3 rings (SSSR count). The Balaban J connectivity index is 1.95. The van der Waals surface area contributed by atoms with Crippen LogP contribution in [-0.4, -0.2) is 47.3 Å². The monoisotopic (exact) mass is 407 g/mol. The first-order valence-corrected chi connectivity index (χ1v) is 10.9. The van der Waals surface area contributed by atoms with Crippen LogP contribution in [-0.2, 0) is 25.4 Å². The van der Waals surface area contributed by atoms with Crippen LogP contribution in [0.25, 0.3) is 11.2 Å². The molecule has 0 bridgehead atoms. The summed E-state index contributed by atoms with van der Waals surface area (Å²) >= 11 is 1.34. The molecule has 0 N–H and O–H groups in total. The fourth-order valence-electron chi connectivity index (χ4n) is 4.08. The van der Waals surface area contributed by atoms with Crippen LogP contribution >= 0.6 is 11.8 Å². The maximum absolute atomic E-state index is 12.9. The third kappa shape index (κ3) is 3.52. The summed E-state index contributed by atoms with van der Waals surface area (Å²) in [6.45, 7) is 6.83. The van der Waals surface area contributed by atoms with E-state index >= 15 is 0 Å². The lowest BCUT2D eigenvalue weighted by Gasteiger charge is -2.39. The molecule has 8 nitrogen and oxygen atoms in total. The standard InChI is InChI=1S/C19H29N5O3S/c1-6-10-23-15-16(21(4)19(27)22(5)17(15)26)20-18(23)28-11-14(25)24-12(2)8-7-9-13(24)3/h12-13H,6-11H2,1-5H3/t12-,13-/m0/s1. The normalized spacial score (nSPS) is 20.1. The minimum absolute atomic E-state index is 0.0987. The van der Waals surface area contributed by atoms with Crippen molar-refractivity contribution in [3.8, 4) is 0 Å². The number of fused-ring (bicyclic) bond motifs is 1. The SMILES string of the molecule is CCCn1c(SCC(=O)N2[C@@H](C)CCC[C@@H]2C)nc2c1c(=O)n(C)c(=O)n2C. The summed E-state index contributed by atoms with van der Waals surface area (Å²) in [6.07, 6.45) is 4.04. The van der Waals surface area contributed by atoms with Crippen molar-refractivity contribution >= 4 is 28.8 Å². The Kier molecular flexibility index (Phi) is 6.02. The molecule has 0 spiro atoms. The van der Waals surface area contributed by atoms with Crippen LogP contribution in [0.2, 0.25) is 0 Å². The van der Waals surface area contributed by atoms with E-state index in [4.69, 9.17) is 0 Å². The number of aromatic nitrogens is 4. The number of carbonyl (C=O) groups is 1. The molecule has 3 heterocycles. The second-order valence-corrected chi connectivity index (χ2v) is 8.59. The van der Waals surface area contributed by atoms with Gasteiger partial charge in [-0.05, 0) is 39.5 Å². The first-order valence-electron chi connectivity index (χ1n) is 9.88. The molecule has 1 amide bonds. The van der Waals surface area contributed by atoms with Crippen molar-refractivity contribution in [1.29, 1.82) is 0 Å². The minimum atomic E-state index is -0.401. The van der Waals surface area contributed by atoms with Gasteiger partial charge in [0.1, 0.15) is 0 Å². The van der Waals surface area contributed by atoms with Crippen LogP contribution in [0.5, 0.6) is 0 Å². The number of hydrogen-bond donors (Lipinski definition) is 0. The van der Waals surface area contributed by atoms with E-state index in [-0.39, 0.29) is 29.3 Å². The van der Waals surface area contributed by atoms with Crippen LogP contribution in [0, 0.1) is 0 Å². The highest BCUT2D eigenvalue weighted by Gasteiger charge is 2.29. The van der Waals surface area contributed by atoms with Crippen molar-refractivity contribution in [1.82, 2.24) is 23.6 Å². The molecule has 0 saturated carbocycles. The first-order chi connectivity index (χ1) is 13.3. The van der Waals surface area contributed by atoms with Gasteiger partial charge in [0.05, 0.1) is 5.75 Å². The molecule has 0 unspecified atom stereocenters. The van der Waals surface area contributed by atoms with Gasteiger partial charge in [-0.2, -0.15) is 0 Å². The number of rotatable bonds is 5. The molecule has 1 aliphatic heterocycles. The fraction of sp³-hybridized carbons (Fsp3) is 0.684. The van der Waals surface area contributed by atoms with E-state index in [0.29, 0.717) is 22.9 Å². The molecule has 1 saturated heterocycles. The van der Waals surface area contributed by atoms with Gasteiger partial charge < -0.3 is 9.47 Å². The number of nitrogens with zero attached hydrogens (tertiary/aromatic N) is 5. The molecule has 0 aromatic carbocycles. The maximum Gasteiger partial charge on any atom is 0.332 e. The van der Waals surface area contributed by atoms with Crippen LogP contribution in [0.1, 0.15) is 46.5 Å². The average molecular weight is 408 g/mol. The smallest absolute Gasteiger partial charge is 0.332 e. The van der Waals surface area contributed by atoms with E-state index in [2.05, 4.69) is 18.8 Å². The zero-order valence-corrected chi connectivity index (χ0v) is 18.1. The highest BCUT2D eigenvalue weighted by Crippen LogP contribution is 2.26. The first kappa shape index (κ1) is 20.7. The molecule has 2 aromatic rings. The highest BCUT2D eigenvalue weighted by molar-refractivity contribution is 7.99. The van der Waals surface area contributed by atoms with Gasteiger partial charge in [0.15, 0.2) is 16.3 Å². The maximum atomic E-state index is 12.9. The molecular weight excluding hydrogens is 378 g/mol. The van der Waals surface area contributed by atoms with E-state index in [1.165, 1.54) is 23.4 Å². The van der Waals surface area contributed by atoms with Gasteiger partial charge in [-0.25, -0.2) is 9.78 Å². The van der Waals surface area contributed by atoms with Gasteiger partial charge >= 0.3 is 5.69 Å². The number of amides is 1. The van der Waals surface area contributed by atoms with Crippen LogP contribution in [0.3, 0.4) is 0 Å². The number of carbonyl (C=O) groups excluding carboxylic acids is 1. The molecule has 2 atom stereocenters. The second kappa shape index (κ2) is 8.14. The summed E-state index contributed by atoms with van der Waals surface area (Å²) in [4.78, 5) is 44.3. The summed E-state index contributed by atoms with van der Waals surface area (Å²) in [6, 6.07) is 0.499. The molecule has 1 aliphatic rings. The number of imidazole rings is 1. The lowest BCUT2D eigenvalue weighted by atomic mass is 9.98. The molecule has 9 heteroatoms. The molecule has 2 aromatic heterocycles. The number of likely N-dealkylation sites (tertiary alicyclic amines) is 1. The third-order valence-electron chi connectivity index (χ3n) is 5.57. The topological polar surface area (TPSA) is 82.1 Å². The van der Waals surface area contributed by atoms with E-state index in [9.17, 15) is 14.4 Å². The van der Waals surface area contributed by atoms with Crippen molar-refractivity contribution in [3.05, 3.63) is 20.8 Å². The summed E-state index contributed by atoms with van der Waals surface area (Å²) in [5.41, 5.74) is 0.0371. The van der Waals surface area contributed by atoms with Gasteiger partial charge in [0.25, 0.3) is 5.56 Å². The number of thioether (sulfide) groups is 1. The van der Waals surface area contributed by atoms with E-state index in [1.807, 2.05) is 16.4 Å². The van der Waals surface area contributed by atoms with Gasteiger partial charge in [0, 0.05) is 32.7 Å². The van der Waals surface area contributed by atoms with Gasteiger partial charge in [-0.1, -0.05) is 18.7 Å². The Morgan fingerprint density at radius 3 is 2.39 bits per heavy atom. The summed E-state index contributed by atoms with van der Waals surface area (Å²) < 4.78 is 4.34. The van der Waals surface area contributed by atoms with Gasteiger partial charge in [-0.3, -0.25) is 18.7 Å². The minimum Gasteiger partial charge on any atom is -0.337 e. The Hall–Kier alpha value is -2.03. The van der Waals surface area contributed by atoms with Crippen molar-refractivity contribution in [2.45, 2.75) is 70.2 Å². The van der Waals surface area contributed by atoms with Crippen molar-refractivity contribution in [3.63, 3.8) is 0 Å². The number of aryl methyl sites for hydroxylation is 2. The van der Waals surface area contributed by atoms with Gasteiger partial charge in [0.2, 0.25) is 5.91 Å². The Morgan fingerprint density at radius 2 is 1.79 bits per heavy atom. The van der Waals surface area contributed by atoms with E-state index in [0.717, 1.165) is 30.3 Å². The van der Waals surface area contributed by atoms with Crippen molar-refractivity contribution < 1.29 is 4.79 Å². The lowest BCUT2D eigenvalue weighted by molar-refractivity contribution is -0.134. The zero-order chi connectivity index (χ0) is 20.6. The molecule has 154 valence electrons. The predicted molar refractivity (Wildman–Crippen MR) is 111 cm³/mol. The van der Waals surface area contributed by atoms with Gasteiger partial charge in [-0.15, -0.1) is 0 Å². The molecule has 0 aliphatic carbocycles. The quantitative estimate of drug-likeness (QED) is 0.705.